The molecule has 4 aromatic rings. The van der Waals surface area contributed by atoms with Crippen LogP contribution < -0.4 is 4.74 Å². The fourth-order valence-corrected chi connectivity index (χ4v) is 5.17. The Kier molecular flexibility index (Phi) is 5.96. The average Bonchev–Trinajstić information content (AvgIpc) is 3.38. The second-order valence-corrected chi connectivity index (χ2v) is 9.57. The van der Waals surface area contributed by atoms with E-state index in [4.69, 9.17) is 9.15 Å². The van der Waals surface area contributed by atoms with Crippen molar-refractivity contribution in [1.82, 2.24) is 9.97 Å². The minimum Gasteiger partial charge on any atom is -0.494 e. The molecule has 0 fully saturated rings. The van der Waals surface area contributed by atoms with Gasteiger partial charge in [-0.1, -0.05) is 18.2 Å². The van der Waals surface area contributed by atoms with Gasteiger partial charge in [0.05, 0.1) is 29.5 Å². The van der Waals surface area contributed by atoms with Gasteiger partial charge in [-0.2, -0.15) is 0 Å². The minimum absolute atomic E-state index is 0.145. The fourth-order valence-electron chi connectivity index (χ4n) is 2.95. The molecule has 2 aromatic heterocycles. The lowest BCUT2D eigenvalue weighted by atomic mass is 10.2. The van der Waals surface area contributed by atoms with E-state index >= 15 is 0 Å². The molecule has 0 spiro atoms. The molecule has 154 valence electrons. The highest BCUT2D eigenvalue weighted by Gasteiger charge is 2.19. The maximum atomic E-state index is 12.6. The molecule has 0 radical (unpaired) electrons. The van der Waals surface area contributed by atoms with Crippen molar-refractivity contribution in [3.05, 3.63) is 77.6 Å². The predicted octanol–water partition coefficient (Wildman–Crippen LogP) is 4.98. The van der Waals surface area contributed by atoms with Crippen LogP contribution in [-0.4, -0.2) is 25.0 Å². The summed E-state index contributed by atoms with van der Waals surface area (Å²) < 4.78 is 36.2. The Labute approximate surface area is 179 Å². The van der Waals surface area contributed by atoms with Crippen molar-refractivity contribution in [2.24, 2.45) is 0 Å². The molecule has 0 unspecified atom stereocenters. The van der Waals surface area contributed by atoms with E-state index in [0.29, 0.717) is 23.9 Å². The van der Waals surface area contributed by atoms with Crippen LogP contribution in [0.25, 0.3) is 22.0 Å². The van der Waals surface area contributed by atoms with Crippen LogP contribution in [0.15, 0.2) is 70.7 Å². The van der Waals surface area contributed by atoms with Crippen LogP contribution in [-0.2, 0) is 21.3 Å². The molecule has 6 nitrogen and oxygen atoms in total. The number of benzene rings is 2. The number of ether oxygens (including phenoxy) is 1. The highest BCUT2D eigenvalue weighted by molar-refractivity contribution is 7.89. The van der Waals surface area contributed by atoms with Crippen LogP contribution in [0.1, 0.15) is 18.3 Å². The zero-order valence-corrected chi connectivity index (χ0v) is 17.9. The van der Waals surface area contributed by atoms with Crippen LogP contribution in [0.4, 0.5) is 0 Å². The molecule has 2 aromatic carbocycles. The van der Waals surface area contributed by atoms with Crippen LogP contribution in [0.5, 0.6) is 5.75 Å². The van der Waals surface area contributed by atoms with E-state index in [9.17, 15) is 8.42 Å². The van der Waals surface area contributed by atoms with Gasteiger partial charge in [0.2, 0.25) is 5.89 Å². The summed E-state index contributed by atoms with van der Waals surface area (Å²) in [7, 11) is -3.44. The van der Waals surface area contributed by atoms with Crippen molar-refractivity contribution in [1.29, 1.82) is 0 Å². The smallest absolute Gasteiger partial charge is 0.226 e. The Bertz CT molecular complexity index is 1210. The summed E-state index contributed by atoms with van der Waals surface area (Å²) in [6, 6.07) is 17.0. The maximum absolute atomic E-state index is 12.6. The molecular weight excluding hydrogens is 420 g/mol. The first-order valence-electron chi connectivity index (χ1n) is 9.40. The van der Waals surface area contributed by atoms with Crippen molar-refractivity contribution in [3.63, 3.8) is 0 Å². The molecule has 8 heteroatoms. The number of hydrogen-bond donors (Lipinski definition) is 0. The van der Waals surface area contributed by atoms with Gasteiger partial charge < -0.3 is 9.15 Å². The molecule has 0 aliphatic carbocycles. The standard InChI is InChI=1S/C22H20N2O4S2/c1-2-27-20-10-8-17(9-11-20)22-24-19(13-29-22)15-30(25,26)14-18-12-28-21(23-18)16-6-4-3-5-7-16/h3-13H,2,14-15H2,1H3. The molecule has 0 aliphatic rings. The van der Waals surface area contributed by atoms with Gasteiger partial charge in [-0.3, -0.25) is 0 Å². The fraction of sp³-hybridized carbons (Fsp3) is 0.182. The molecule has 0 bridgehead atoms. The largest absolute Gasteiger partial charge is 0.494 e. The number of aromatic nitrogens is 2. The number of thiazole rings is 1. The first-order valence-corrected chi connectivity index (χ1v) is 12.1. The SMILES string of the molecule is CCOc1ccc(-c2nc(CS(=O)(=O)Cc3coc(-c4ccccc4)n3)cs2)cc1. The van der Waals surface area contributed by atoms with Gasteiger partial charge in [-0.05, 0) is 43.3 Å². The first kappa shape index (κ1) is 20.3. The first-order chi connectivity index (χ1) is 14.5. The number of nitrogens with zero attached hydrogens (tertiary/aromatic N) is 2. The molecule has 30 heavy (non-hydrogen) atoms. The summed E-state index contributed by atoms with van der Waals surface area (Å²) in [5.41, 5.74) is 2.64. The van der Waals surface area contributed by atoms with Crippen molar-refractivity contribution < 1.29 is 17.6 Å². The molecule has 0 N–H and O–H groups in total. The van der Waals surface area contributed by atoms with Gasteiger partial charge in [0.25, 0.3) is 0 Å². The summed E-state index contributed by atoms with van der Waals surface area (Å²) in [6.07, 6.45) is 1.40. The predicted molar refractivity (Wildman–Crippen MR) is 117 cm³/mol. The summed E-state index contributed by atoms with van der Waals surface area (Å²) in [5.74, 6) is 0.864. The van der Waals surface area contributed by atoms with E-state index < -0.39 is 9.84 Å². The Morgan fingerprint density at radius 2 is 1.67 bits per heavy atom. The summed E-state index contributed by atoms with van der Waals surface area (Å²) in [4.78, 5) is 8.80. The Balaban J connectivity index is 1.43. The second-order valence-electron chi connectivity index (χ2n) is 6.64. The quantitative estimate of drug-likeness (QED) is 0.384. The van der Waals surface area contributed by atoms with Crippen LogP contribution in [0, 0.1) is 0 Å². The third kappa shape index (κ3) is 4.95. The van der Waals surface area contributed by atoms with Crippen LogP contribution in [0.2, 0.25) is 0 Å². The molecule has 0 saturated carbocycles. The van der Waals surface area contributed by atoms with Gasteiger partial charge in [0, 0.05) is 16.5 Å². The summed E-state index contributed by atoms with van der Waals surface area (Å²) in [5, 5.41) is 2.55. The van der Waals surface area contributed by atoms with Crippen LogP contribution >= 0.6 is 11.3 Å². The molecular formula is C22H20N2O4S2. The van der Waals surface area contributed by atoms with Crippen molar-refractivity contribution in [2.75, 3.05) is 6.61 Å². The number of hydrogen-bond acceptors (Lipinski definition) is 7. The van der Waals surface area contributed by atoms with E-state index in [1.165, 1.54) is 17.6 Å². The van der Waals surface area contributed by atoms with E-state index in [-0.39, 0.29) is 11.5 Å². The van der Waals surface area contributed by atoms with Gasteiger partial charge in [-0.15, -0.1) is 11.3 Å². The Hall–Kier alpha value is -2.97. The normalized spacial score (nSPS) is 11.5. The lowest BCUT2D eigenvalue weighted by molar-refractivity contribution is 0.340. The van der Waals surface area contributed by atoms with Gasteiger partial charge in [0.15, 0.2) is 9.84 Å². The van der Waals surface area contributed by atoms with Gasteiger partial charge in [-0.25, -0.2) is 18.4 Å². The van der Waals surface area contributed by atoms with Crippen molar-refractivity contribution in [2.45, 2.75) is 18.4 Å². The van der Waals surface area contributed by atoms with Gasteiger partial charge >= 0.3 is 0 Å². The van der Waals surface area contributed by atoms with E-state index in [1.54, 1.807) is 5.38 Å². The average molecular weight is 441 g/mol. The molecule has 0 atom stereocenters. The monoisotopic (exact) mass is 440 g/mol. The van der Waals surface area contributed by atoms with Gasteiger partial charge in [0.1, 0.15) is 17.0 Å². The zero-order valence-electron chi connectivity index (χ0n) is 16.3. The molecule has 0 aliphatic heterocycles. The Morgan fingerprint density at radius 1 is 0.933 bits per heavy atom. The number of sulfone groups is 1. The van der Waals surface area contributed by atoms with E-state index in [2.05, 4.69) is 9.97 Å². The Morgan fingerprint density at radius 3 is 2.40 bits per heavy atom. The lowest BCUT2D eigenvalue weighted by Gasteiger charge is -2.03. The van der Waals surface area contributed by atoms with Crippen LogP contribution in [0.3, 0.4) is 0 Å². The van der Waals surface area contributed by atoms with E-state index in [0.717, 1.165) is 21.9 Å². The third-order valence-electron chi connectivity index (χ3n) is 4.27. The molecule has 0 saturated heterocycles. The highest BCUT2D eigenvalue weighted by Crippen LogP contribution is 2.27. The topological polar surface area (TPSA) is 82.3 Å². The lowest BCUT2D eigenvalue weighted by Crippen LogP contribution is -2.08. The maximum Gasteiger partial charge on any atom is 0.226 e. The van der Waals surface area contributed by atoms with Crippen molar-refractivity contribution >= 4 is 21.2 Å². The highest BCUT2D eigenvalue weighted by atomic mass is 32.2. The van der Waals surface area contributed by atoms with Crippen molar-refractivity contribution in [3.8, 4) is 27.8 Å². The molecule has 4 rings (SSSR count). The minimum atomic E-state index is -3.44. The molecule has 2 heterocycles. The molecule has 0 amide bonds. The summed E-state index contributed by atoms with van der Waals surface area (Å²) >= 11 is 1.42. The van der Waals surface area contributed by atoms with E-state index in [1.807, 2.05) is 61.5 Å². The zero-order chi connectivity index (χ0) is 21.0. The second kappa shape index (κ2) is 8.81. The third-order valence-corrected chi connectivity index (χ3v) is 6.68. The number of rotatable bonds is 8. The summed E-state index contributed by atoms with van der Waals surface area (Å²) in [6.45, 7) is 2.54. The number of oxazole rings is 1.